The first-order valence-corrected chi connectivity index (χ1v) is 8.05. The number of nitrogens with one attached hydrogen (secondary N) is 1. The minimum Gasteiger partial charge on any atom is -0.331 e. The molecule has 1 N–H and O–H groups in total. The number of rotatable bonds is 5. The number of nitrogens with zero attached hydrogens (tertiary/aromatic N) is 3. The molecule has 0 saturated carbocycles. The van der Waals surface area contributed by atoms with Gasteiger partial charge < -0.3 is 9.88 Å². The number of hydrogen-bond donors (Lipinski definition) is 1. The van der Waals surface area contributed by atoms with Gasteiger partial charge in [-0.05, 0) is 43.3 Å². The van der Waals surface area contributed by atoms with Crippen LogP contribution in [0.4, 0.5) is 11.4 Å². The number of aryl methyl sites for hydroxylation is 2. The second-order valence-electron chi connectivity index (χ2n) is 5.98. The van der Waals surface area contributed by atoms with Crippen LogP contribution in [0.1, 0.15) is 32.1 Å². The van der Waals surface area contributed by atoms with Gasteiger partial charge in [-0.25, -0.2) is 4.98 Å². The Labute approximate surface area is 154 Å². The lowest BCUT2D eigenvalue weighted by molar-refractivity contribution is -0.385. The molecule has 0 atom stereocenters. The monoisotopic (exact) mass is 364 g/mol. The van der Waals surface area contributed by atoms with Crippen LogP contribution < -0.4 is 5.32 Å². The molecule has 0 radical (unpaired) electrons. The van der Waals surface area contributed by atoms with Crippen molar-refractivity contribution in [1.29, 1.82) is 0 Å². The Morgan fingerprint density at radius 1 is 1.11 bits per heavy atom. The summed E-state index contributed by atoms with van der Waals surface area (Å²) in [6, 6.07) is 10.6. The van der Waals surface area contributed by atoms with Crippen molar-refractivity contribution in [3.05, 3.63) is 87.5 Å². The average Bonchev–Trinajstić information content (AvgIpc) is 3.07. The van der Waals surface area contributed by atoms with Crippen LogP contribution in [0.3, 0.4) is 0 Å². The zero-order valence-corrected chi connectivity index (χ0v) is 14.7. The fourth-order valence-corrected chi connectivity index (χ4v) is 2.62. The van der Waals surface area contributed by atoms with Gasteiger partial charge >= 0.3 is 0 Å². The van der Waals surface area contributed by atoms with Crippen molar-refractivity contribution in [3.63, 3.8) is 0 Å². The topological polar surface area (TPSA) is 107 Å². The van der Waals surface area contributed by atoms with Gasteiger partial charge in [-0.1, -0.05) is 0 Å². The van der Waals surface area contributed by atoms with Crippen molar-refractivity contribution in [2.24, 2.45) is 7.05 Å². The number of amides is 1. The highest BCUT2D eigenvalue weighted by atomic mass is 16.6. The van der Waals surface area contributed by atoms with Gasteiger partial charge in [0.25, 0.3) is 11.6 Å². The molecule has 0 spiro atoms. The molecule has 1 heterocycles. The SMILES string of the molecule is Cc1cc(C(=O)Nc2ccc(C(=O)c3nccn3C)cc2)ccc1[N+](=O)[O-]. The van der Waals surface area contributed by atoms with Crippen molar-refractivity contribution >= 4 is 23.1 Å². The van der Waals surface area contributed by atoms with E-state index in [1.807, 2.05) is 0 Å². The Kier molecular flexibility index (Phi) is 4.80. The van der Waals surface area contributed by atoms with E-state index in [9.17, 15) is 19.7 Å². The Bertz CT molecular complexity index is 1040. The summed E-state index contributed by atoms with van der Waals surface area (Å²) in [5.41, 5.74) is 1.64. The molecule has 0 saturated heterocycles. The summed E-state index contributed by atoms with van der Waals surface area (Å²) < 4.78 is 1.63. The van der Waals surface area contributed by atoms with Gasteiger partial charge in [0.15, 0.2) is 5.82 Å². The van der Waals surface area contributed by atoms with E-state index in [2.05, 4.69) is 10.3 Å². The number of carbonyl (C=O) groups is 2. The van der Waals surface area contributed by atoms with Crippen molar-refractivity contribution in [2.45, 2.75) is 6.92 Å². The van der Waals surface area contributed by atoms with Crippen LogP contribution in [0.2, 0.25) is 0 Å². The smallest absolute Gasteiger partial charge is 0.272 e. The highest BCUT2D eigenvalue weighted by Gasteiger charge is 2.15. The van der Waals surface area contributed by atoms with Crippen LogP contribution in [0.5, 0.6) is 0 Å². The zero-order chi connectivity index (χ0) is 19.6. The van der Waals surface area contributed by atoms with E-state index in [4.69, 9.17) is 0 Å². The summed E-state index contributed by atoms with van der Waals surface area (Å²) in [7, 11) is 1.74. The third kappa shape index (κ3) is 3.74. The molecule has 3 rings (SSSR count). The van der Waals surface area contributed by atoms with Crippen molar-refractivity contribution in [2.75, 3.05) is 5.32 Å². The lowest BCUT2D eigenvalue weighted by Crippen LogP contribution is -2.13. The fraction of sp³-hybridized carbons (Fsp3) is 0.105. The Morgan fingerprint density at radius 2 is 1.78 bits per heavy atom. The summed E-state index contributed by atoms with van der Waals surface area (Å²) in [6.07, 6.45) is 3.24. The molecule has 0 fully saturated rings. The van der Waals surface area contributed by atoms with E-state index in [1.54, 1.807) is 55.2 Å². The molecule has 0 aliphatic carbocycles. The first-order chi connectivity index (χ1) is 12.9. The molecule has 0 aliphatic rings. The maximum atomic E-state index is 12.4. The van der Waals surface area contributed by atoms with Crippen LogP contribution in [-0.2, 0) is 7.05 Å². The molecule has 2 aromatic carbocycles. The second-order valence-corrected chi connectivity index (χ2v) is 5.98. The molecular formula is C19H16N4O4. The van der Waals surface area contributed by atoms with E-state index < -0.39 is 10.8 Å². The normalized spacial score (nSPS) is 10.4. The van der Waals surface area contributed by atoms with E-state index >= 15 is 0 Å². The number of carbonyl (C=O) groups excluding carboxylic acids is 2. The predicted molar refractivity (Wildman–Crippen MR) is 98.9 cm³/mol. The first kappa shape index (κ1) is 18.0. The number of anilines is 1. The van der Waals surface area contributed by atoms with Gasteiger partial charge in [-0.2, -0.15) is 0 Å². The molecule has 27 heavy (non-hydrogen) atoms. The summed E-state index contributed by atoms with van der Waals surface area (Å²) in [5.74, 6) is -0.282. The summed E-state index contributed by atoms with van der Waals surface area (Å²) in [6.45, 7) is 1.58. The highest BCUT2D eigenvalue weighted by molar-refractivity contribution is 6.07. The highest BCUT2D eigenvalue weighted by Crippen LogP contribution is 2.20. The molecule has 3 aromatic rings. The number of hydrogen-bond acceptors (Lipinski definition) is 5. The van der Waals surface area contributed by atoms with Gasteiger partial charge in [-0.15, -0.1) is 0 Å². The number of aromatic nitrogens is 2. The van der Waals surface area contributed by atoms with Crippen LogP contribution in [-0.4, -0.2) is 26.2 Å². The van der Waals surface area contributed by atoms with Gasteiger partial charge in [0.2, 0.25) is 5.78 Å². The van der Waals surface area contributed by atoms with Crippen LogP contribution in [0, 0.1) is 17.0 Å². The number of imidazole rings is 1. The number of nitro groups is 1. The van der Waals surface area contributed by atoms with Gasteiger partial charge in [0.1, 0.15) is 0 Å². The first-order valence-electron chi connectivity index (χ1n) is 8.05. The largest absolute Gasteiger partial charge is 0.331 e. The summed E-state index contributed by atoms with van der Waals surface area (Å²) in [5, 5.41) is 13.6. The van der Waals surface area contributed by atoms with Crippen molar-refractivity contribution < 1.29 is 14.5 Å². The summed E-state index contributed by atoms with van der Waals surface area (Å²) >= 11 is 0. The van der Waals surface area contributed by atoms with Gasteiger partial charge in [0, 0.05) is 47.9 Å². The van der Waals surface area contributed by atoms with Crippen LogP contribution >= 0.6 is 0 Å². The molecular weight excluding hydrogens is 348 g/mol. The average molecular weight is 364 g/mol. The quantitative estimate of drug-likeness (QED) is 0.425. The maximum Gasteiger partial charge on any atom is 0.272 e. The molecule has 0 unspecified atom stereocenters. The molecule has 8 heteroatoms. The number of ketones is 1. The van der Waals surface area contributed by atoms with E-state index in [0.717, 1.165) is 0 Å². The van der Waals surface area contributed by atoms with Crippen LogP contribution in [0.15, 0.2) is 54.9 Å². The number of nitro benzene ring substituents is 1. The Balaban J connectivity index is 1.74. The van der Waals surface area contributed by atoms with E-state index in [1.165, 1.54) is 18.2 Å². The standard InChI is InChI=1S/C19H16N4O4/c1-12-11-14(5-8-16(12)23(26)27)19(25)21-15-6-3-13(4-7-15)17(24)18-20-9-10-22(18)2/h3-11H,1-2H3,(H,21,25). The third-order valence-electron chi connectivity index (χ3n) is 4.08. The summed E-state index contributed by atoms with van der Waals surface area (Å²) in [4.78, 5) is 39.1. The molecule has 0 aliphatic heterocycles. The van der Waals surface area contributed by atoms with Crippen LogP contribution in [0.25, 0.3) is 0 Å². The van der Waals surface area contributed by atoms with E-state index in [0.29, 0.717) is 28.2 Å². The lowest BCUT2D eigenvalue weighted by atomic mass is 10.1. The minimum absolute atomic E-state index is 0.0382. The van der Waals surface area contributed by atoms with Gasteiger partial charge in [-0.3, -0.25) is 19.7 Å². The maximum absolute atomic E-state index is 12.4. The van der Waals surface area contributed by atoms with E-state index in [-0.39, 0.29) is 11.5 Å². The van der Waals surface area contributed by atoms with Crippen molar-refractivity contribution in [1.82, 2.24) is 9.55 Å². The lowest BCUT2D eigenvalue weighted by Gasteiger charge is -2.07. The molecule has 1 amide bonds. The predicted octanol–water partition coefficient (Wildman–Crippen LogP) is 3.12. The number of benzene rings is 2. The second kappa shape index (κ2) is 7.20. The zero-order valence-electron chi connectivity index (χ0n) is 14.7. The molecule has 8 nitrogen and oxygen atoms in total. The molecule has 136 valence electrons. The van der Waals surface area contributed by atoms with Crippen molar-refractivity contribution in [3.8, 4) is 0 Å². The molecule has 0 bridgehead atoms. The Hall–Kier alpha value is -3.81. The fourth-order valence-electron chi connectivity index (χ4n) is 2.62. The molecule has 1 aromatic heterocycles. The van der Waals surface area contributed by atoms with Gasteiger partial charge in [0.05, 0.1) is 4.92 Å². The minimum atomic E-state index is -0.492. The Morgan fingerprint density at radius 3 is 2.33 bits per heavy atom. The third-order valence-corrected chi connectivity index (χ3v) is 4.08.